The molecular weight excluding hydrogens is 416 g/mol. The van der Waals surface area contributed by atoms with E-state index in [0.29, 0.717) is 30.3 Å². The van der Waals surface area contributed by atoms with Crippen LogP contribution in [-0.2, 0) is 14.8 Å². The van der Waals surface area contributed by atoms with Crippen LogP contribution in [0.25, 0.3) is 0 Å². The number of hydrogen-bond acceptors (Lipinski definition) is 5. The Bertz CT molecular complexity index is 997. The average molecular weight is 447 g/mol. The maximum absolute atomic E-state index is 13.7. The minimum Gasteiger partial charge on any atom is -0.497 e. The fourth-order valence-electron chi connectivity index (χ4n) is 3.71. The number of likely N-dealkylation sites (tertiary alicyclic amines) is 1. The minimum absolute atomic E-state index is 0.0838. The highest BCUT2D eigenvalue weighted by molar-refractivity contribution is 7.92. The fourth-order valence-corrected chi connectivity index (χ4v) is 5.13. The van der Waals surface area contributed by atoms with Gasteiger partial charge in [0.2, 0.25) is 5.91 Å². The van der Waals surface area contributed by atoms with E-state index in [-0.39, 0.29) is 17.3 Å². The maximum Gasteiger partial charge on any atom is 0.264 e. The molecule has 0 bridgehead atoms. The number of amides is 1. The van der Waals surface area contributed by atoms with Crippen molar-refractivity contribution in [1.29, 1.82) is 0 Å². The second-order valence-electron chi connectivity index (χ2n) is 7.66. The summed E-state index contributed by atoms with van der Waals surface area (Å²) in [5, 5.41) is 0. The summed E-state index contributed by atoms with van der Waals surface area (Å²) in [6.45, 7) is 2.90. The number of carbonyl (C=O) groups excluding carboxylic acids is 1. The summed E-state index contributed by atoms with van der Waals surface area (Å²) in [4.78, 5) is 15.0. The number of benzene rings is 2. The van der Waals surface area contributed by atoms with E-state index in [1.165, 1.54) is 26.4 Å². The molecule has 1 aliphatic heterocycles. The first-order valence-corrected chi connectivity index (χ1v) is 11.9. The highest BCUT2D eigenvalue weighted by atomic mass is 32.2. The van der Waals surface area contributed by atoms with Gasteiger partial charge in [0.25, 0.3) is 10.0 Å². The predicted octanol–water partition coefficient (Wildman–Crippen LogP) is 3.61. The quantitative estimate of drug-likeness (QED) is 0.649. The SMILES string of the molecule is COc1ccc(S(=O)(=O)N(CC(=O)N2CCCCCC2)c2cc(C)ccc2OC)cc1. The molecule has 0 aromatic heterocycles. The van der Waals surface area contributed by atoms with Gasteiger partial charge in [-0.05, 0) is 61.7 Å². The lowest BCUT2D eigenvalue weighted by Crippen LogP contribution is -2.43. The summed E-state index contributed by atoms with van der Waals surface area (Å²) in [6, 6.07) is 11.5. The van der Waals surface area contributed by atoms with Crippen LogP contribution in [-0.4, -0.2) is 53.1 Å². The van der Waals surface area contributed by atoms with Gasteiger partial charge in [-0.25, -0.2) is 8.42 Å². The number of sulfonamides is 1. The van der Waals surface area contributed by atoms with Gasteiger partial charge < -0.3 is 14.4 Å². The molecule has 168 valence electrons. The Balaban J connectivity index is 2.03. The third kappa shape index (κ3) is 5.31. The normalized spacial score (nSPS) is 14.6. The number of methoxy groups -OCH3 is 2. The van der Waals surface area contributed by atoms with E-state index >= 15 is 0 Å². The van der Waals surface area contributed by atoms with Gasteiger partial charge in [-0.1, -0.05) is 18.9 Å². The Kier molecular flexibility index (Phi) is 7.43. The zero-order chi connectivity index (χ0) is 22.4. The van der Waals surface area contributed by atoms with Crippen molar-refractivity contribution in [2.45, 2.75) is 37.5 Å². The van der Waals surface area contributed by atoms with Gasteiger partial charge in [0.15, 0.2) is 0 Å². The number of aryl methyl sites for hydroxylation is 1. The van der Waals surface area contributed by atoms with Crippen LogP contribution in [0.1, 0.15) is 31.2 Å². The zero-order valence-corrected chi connectivity index (χ0v) is 19.2. The molecule has 0 atom stereocenters. The number of ether oxygens (including phenoxy) is 2. The molecule has 8 heteroatoms. The number of anilines is 1. The molecular formula is C23H30N2O5S. The van der Waals surface area contributed by atoms with Crippen LogP contribution >= 0.6 is 0 Å². The molecule has 0 N–H and O–H groups in total. The maximum atomic E-state index is 13.7. The molecule has 7 nitrogen and oxygen atoms in total. The molecule has 2 aromatic carbocycles. The van der Waals surface area contributed by atoms with Crippen molar-refractivity contribution >= 4 is 21.6 Å². The van der Waals surface area contributed by atoms with Crippen LogP contribution in [0.2, 0.25) is 0 Å². The summed E-state index contributed by atoms with van der Waals surface area (Å²) in [5.41, 5.74) is 1.22. The van der Waals surface area contributed by atoms with Crippen molar-refractivity contribution < 1.29 is 22.7 Å². The molecule has 1 saturated heterocycles. The van der Waals surface area contributed by atoms with Gasteiger partial charge in [-0.3, -0.25) is 9.10 Å². The van der Waals surface area contributed by atoms with Crippen molar-refractivity contribution in [1.82, 2.24) is 4.90 Å². The lowest BCUT2D eigenvalue weighted by molar-refractivity contribution is -0.129. The van der Waals surface area contributed by atoms with Gasteiger partial charge in [0, 0.05) is 13.1 Å². The smallest absolute Gasteiger partial charge is 0.264 e. The Morgan fingerprint density at radius 2 is 1.61 bits per heavy atom. The van der Waals surface area contributed by atoms with Crippen LogP contribution in [0.15, 0.2) is 47.4 Å². The Hall–Kier alpha value is -2.74. The summed E-state index contributed by atoms with van der Waals surface area (Å²) < 4.78 is 39.1. The molecule has 1 amide bonds. The molecule has 0 saturated carbocycles. The molecule has 3 rings (SSSR count). The number of hydrogen-bond donors (Lipinski definition) is 0. The van der Waals surface area contributed by atoms with Crippen molar-refractivity contribution in [2.75, 3.05) is 38.2 Å². The molecule has 0 spiro atoms. The van der Waals surface area contributed by atoms with Crippen LogP contribution < -0.4 is 13.8 Å². The Morgan fingerprint density at radius 3 is 2.19 bits per heavy atom. The van der Waals surface area contributed by atoms with Gasteiger partial charge in [0.1, 0.15) is 18.0 Å². The van der Waals surface area contributed by atoms with E-state index in [0.717, 1.165) is 35.6 Å². The highest BCUT2D eigenvalue weighted by Gasteiger charge is 2.31. The number of carbonyl (C=O) groups is 1. The molecule has 0 aliphatic carbocycles. The molecule has 2 aromatic rings. The van der Waals surface area contributed by atoms with Gasteiger partial charge in [-0.15, -0.1) is 0 Å². The molecule has 31 heavy (non-hydrogen) atoms. The Labute approximate surface area is 184 Å². The molecule has 0 radical (unpaired) electrons. The topological polar surface area (TPSA) is 76.2 Å². The van der Waals surface area contributed by atoms with E-state index < -0.39 is 10.0 Å². The number of nitrogens with zero attached hydrogens (tertiary/aromatic N) is 2. The summed E-state index contributed by atoms with van der Waals surface area (Å²) in [5.74, 6) is 0.744. The van der Waals surface area contributed by atoms with E-state index in [1.807, 2.05) is 13.0 Å². The minimum atomic E-state index is -4.02. The largest absolute Gasteiger partial charge is 0.497 e. The first-order chi connectivity index (χ1) is 14.9. The van der Waals surface area contributed by atoms with E-state index in [2.05, 4.69) is 0 Å². The third-order valence-electron chi connectivity index (χ3n) is 5.49. The summed E-state index contributed by atoms with van der Waals surface area (Å²) >= 11 is 0. The first-order valence-electron chi connectivity index (χ1n) is 10.5. The standard InChI is InChI=1S/C23H30N2O5S/c1-18-8-13-22(30-3)21(16-18)25(17-23(26)24-14-6-4-5-7-15-24)31(27,28)20-11-9-19(29-2)10-12-20/h8-13,16H,4-7,14-15,17H2,1-3H3. The van der Waals surface area contributed by atoms with Crippen molar-refractivity contribution in [2.24, 2.45) is 0 Å². The monoisotopic (exact) mass is 446 g/mol. The van der Waals surface area contributed by atoms with Crippen LogP contribution in [0, 0.1) is 6.92 Å². The van der Waals surface area contributed by atoms with Gasteiger partial charge in [0.05, 0.1) is 24.8 Å². The summed E-state index contributed by atoms with van der Waals surface area (Å²) in [6.07, 6.45) is 4.04. The number of rotatable bonds is 7. The average Bonchev–Trinajstić information content (AvgIpc) is 3.07. The van der Waals surface area contributed by atoms with Gasteiger partial charge in [-0.2, -0.15) is 0 Å². The van der Waals surface area contributed by atoms with Crippen molar-refractivity contribution in [3.8, 4) is 11.5 Å². The highest BCUT2D eigenvalue weighted by Crippen LogP contribution is 2.34. The third-order valence-corrected chi connectivity index (χ3v) is 7.26. The second-order valence-corrected chi connectivity index (χ2v) is 9.52. The lowest BCUT2D eigenvalue weighted by Gasteiger charge is -2.29. The molecule has 1 aliphatic rings. The zero-order valence-electron chi connectivity index (χ0n) is 18.3. The van der Waals surface area contributed by atoms with Crippen molar-refractivity contribution in [3.05, 3.63) is 48.0 Å². The fraction of sp³-hybridized carbons (Fsp3) is 0.435. The van der Waals surface area contributed by atoms with E-state index in [1.54, 1.807) is 29.2 Å². The summed E-state index contributed by atoms with van der Waals surface area (Å²) in [7, 11) is -1.01. The molecule has 0 unspecified atom stereocenters. The van der Waals surface area contributed by atoms with Gasteiger partial charge >= 0.3 is 0 Å². The van der Waals surface area contributed by atoms with E-state index in [9.17, 15) is 13.2 Å². The van der Waals surface area contributed by atoms with Crippen LogP contribution in [0.3, 0.4) is 0 Å². The lowest BCUT2D eigenvalue weighted by atomic mass is 10.2. The van der Waals surface area contributed by atoms with Crippen LogP contribution in [0.4, 0.5) is 5.69 Å². The first kappa shape index (κ1) is 22.9. The second kappa shape index (κ2) is 10.0. The van der Waals surface area contributed by atoms with Crippen LogP contribution in [0.5, 0.6) is 11.5 Å². The Morgan fingerprint density at radius 1 is 0.968 bits per heavy atom. The van der Waals surface area contributed by atoms with E-state index in [4.69, 9.17) is 9.47 Å². The van der Waals surface area contributed by atoms with Crippen molar-refractivity contribution in [3.63, 3.8) is 0 Å². The molecule has 1 heterocycles. The predicted molar refractivity (Wildman–Crippen MR) is 120 cm³/mol. The molecule has 1 fully saturated rings.